The molecule has 0 fully saturated rings. The van der Waals surface area contributed by atoms with Gasteiger partial charge in [-0.15, -0.1) is 0 Å². The number of allylic oxidation sites excluding steroid dienone is 2. The molecule has 2 N–H and O–H groups in total. The maximum atomic E-state index is 5.48. The zero-order chi connectivity index (χ0) is 14.0. The van der Waals surface area contributed by atoms with Crippen LogP contribution in [0.2, 0.25) is 0 Å². The van der Waals surface area contributed by atoms with Gasteiger partial charge in [0.05, 0.1) is 0 Å². The Morgan fingerprint density at radius 2 is 1.00 bits per heavy atom. The Bertz CT molecular complexity index is 175. The molecule has 0 radical (unpaired) electrons. The molecule has 114 valence electrons. The van der Waals surface area contributed by atoms with Gasteiger partial charge in [0.15, 0.2) is 0 Å². The maximum Gasteiger partial charge on any atom is -0.00773 e. The number of hydrogen-bond donors (Lipinski definition) is 1. The van der Waals surface area contributed by atoms with E-state index in [0.29, 0.717) is 0 Å². The third kappa shape index (κ3) is 17.7. The first-order valence-corrected chi connectivity index (χ1v) is 8.77. The molecule has 0 aromatic carbocycles. The van der Waals surface area contributed by atoms with Gasteiger partial charge < -0.3 is 5.73 Å². The van der Waals surface area contributed by atoms with Crippen LogP contribution in [0, 0.1) is 0 Å². The molecule has 0 unspecified atom stereocenters. The second kappa shape index (κ2) is 17.7. The number of nitrogens with two attached hydrogens (primary N) is 1. The van der Waals surface area contributed by atoms with Crippen molar-refractivity contribution in [2.45, 2.75) is 96.8 Å². The first kappa shape index (κ1) is 18.7. The van der Waals surface area contributed by atoms with Crippen molar-refractivity contribution in [1.82, 2.24) is 0 Å². The van der Waals surface area contributed by atoms with Crippen molar-refractivity contribution in [3.63, 3.8) is 0 Å². The molecule has 0 saturated heterocycles. The summed E-state index contributed by atoms with van der Waals surface area (Å²) in [5.74, 6) is 0. The van der Waals surface area contributed by atoms with Gasteiger partial charge in [0.1, 0.15) is 0 Å². The molecule has 0 rings (SSSR count). The summed E-state index contributed by atoms with van der Waals surface area (Å²) in [5, 5.41) is 0. The van der Waals surface area contributed by atoms with Crippen LogP contribution in [0.3, 0.4) is 0 Å². The van der Waals surface area contributed by atoms with Gasteiger partial charge in [-0.05, 0) is 38.6 Å². The molecule has 0 aliphatic rings. The average Bonchev–Trinajstić information content (AvgIpc) is 2.43. The summed E-state index contributed by atoms with van der Waals surface area (Å²) in [4.78, 5) is 0. The van der Waals surface area contributed by atoms with Crippen molar-refractivity contribution >= 4 is 0 Å². The molecule has 0 aliphatic carbocycles. The van der Waals surface area contributed by atoms with Crippen LogP contribution in [0.1, 0.15) is 96.8 Å². The van der Waals surface area contributed by atoms with Crippen LogP contribution in [0.5, 0.6) is 0 Å². The highest BCUT2D eigenvalue weighted by Crippen LogP contribution is 2.09. The molecule has 0 aromatic heterocycles. The number of rotatable bonds is 15. The first-order chi connectivity index (χ1) is 9.41. The highest BCUT2D eigenvalue weighted by molar-refractivity contribution is 4.81. The quantitative estimate of drug-likeness (QED) is 0.286. The lowest BCUT2D eigenvalue weighted by Gasteiger charge is -2.00. The van der Waals surface area contributed by atoms with Crippen LogP contribution >= 0.6 is 0 Å². The van der Waals surface area contributed by atoms with Crippen molar-refractivity contribution in [1.29, 1.82) is 0 Å². The van der Waals surface area contributed by atoms with Crippen LogP contribution in [0.25, 0.3) is 0 Å². The fraction of sp³-hybridized carbons (Fsp3) is 0.889. The Morgan fingerprint density at radius 1 is 0.579 bits per heavy atom. The molecule has 0 saturated carbocycles. The highest BCUT2D eigenvalue weighted by atomic mass is 14.5. The van der Waals surface area contributed by atoms with E-state index in [4.69, 9.17) is 5.73 Å². The van der Waals surface area contributed by atoms with Crippen LogP contribution in [0.15, 0.2) is 12.2 Å². The zero-order valence-corrected chi connectivity index (χ0v) is 13.3. The van der Waals surface area contributed by atoms with E-state index < -0.39 is 0 Å². The Kier molecular flexibility index (Phi) is 17.4. The van der Waals surface area contributed by atoms with E-state index in [9.17, 15) is 0 Å². The molecule has 0 bridgehead atoms. The van der Waals surface area contributed by atoms with Crippen molar-refractivity contribution < 1.29 is 0 Å². The fourth-order valence-electron chi connectivity index (χ4n) is 2.39. The zero-order valence-electron chi connectivity index (χ0n) is 13.3. The van der Waals surface area contributed by atoms with E-state index in [-0.39, 0.29) is 0 Å². The molecule has 1 nitrogen and oxygen atoms in total. The third-order valence-electron chi connectivity index (χ3n) is 3.72. The molecule has 0 aromatic rings. The van der Waals surface area contributed by atoms with E-state index in [1.165, 1.54) is 89.9 Å². The van der Waals surface area contributed by atoms with Crippen LogP contribution in [-0.2, 0) is 0 Å². The normalized spacial score (nSPS) is 11.5. The summed E-state index contributed by atoms with van der Waals surface area (Å²) < 4.78 is 0. The van der Waals surface area contributed by atoms with Gasteiger partial charge in [-0.25, -0.2) is 0 Å². The van der Waals surface area contributed by atoms with Gasteiger partial charge in [0.25, 0.3) is 0 Å². The van der Waals surface area contributed by atoms with E-state index in [1.54, 1.807) is 0 Å². The van der Waals surface area contributed by atoms with Gasteiger partial charge in [-0.1, -0.05) is 76.9 Å². The summed E-state index contributed by atoms with van der Waals surface area (Å²) in [5.41, 5.74) is 5.48. The Labute approximate surface area is 122 Å². The summed E-state index contributed by atoms with van der Waals surface area (Å²) in [6, 6.07) is 0. The van der Waals surface area contributed by atoms with Crippen molar-refractivity contribution in [3.8, 4) is 0 Å². The predicted octanol–water partition coefficient (Wildman–Crippen LogP) is 5.98. The summed E-state index contributed by atoms with van der Waals surface area (Å²) >= 11 is 0. The predicted molar refractivity (Wildman–Crippen MR) is 88.5 cm³/mol. The first-order valence-electron chi connectivity index (χ1n) is 8.77. The van der Waals surface area contributed by atoms with Crippen molar-refractivity contribution in [2.24, 2.45) is 5.73 Å². The molecule has 0 atom stereocenters. The number of unbranched alkanes of at least 4 members (excludes halogenated alkanes) is 12. The highest BCUT2D eigenvalue weighted by Gasteiger charge is 1.90. The lowest BCUT2D eigenvalue weighted by atomic mass is 10.1. The lowest BCUT2D eigenvalue weighted by Crippen LogP contribution is -1.97. The molecule has 0 aliphatic heterocycles. The van der Waals surface area contributed by atoms with Crippen molar-refractivity contribution in [2.75, 3.05) is 6.54 Å². The summed E-state index contributed by atoms with van der Waals surface area (Å²) in [6.07, 6.45) is 23.9. The molecule has 0 amide bonds. The topological polar surface area (TPSA) is 26.0 Å². The van der Waals surface area contributed by atoms with E-state index >= 15 is 0 Å². The second-order valence-corrected chi connectivity index (χ2v) is 5.73. The minimum atomic E-state index is 0.864. The average molecular weight is 268 g/mol. The van der Waals surface area contributed by atoms with Crippen LogP contribution in [-0.4, -0.2) is 6.54 Å². The van der Waals surface area contributed by atoms with E-state index in [1.807, 2.05) is 0 Å². The van der Waals surface area contributed by atoms with Crippen LogP contribution < -0.4 is 5.73 Å². The van der Waals surface area contributed by atoms with E-state index in [2.05, 4.69) is 19.1 Å². The molecular formula is C18H37N. The number of hydrogen-bond acceptors (Lipinski definition) is 1. The lowest BCUT2D eigenvalue weighted by molar-refractivity contribution is 0.584. The SMILES string of the molecule is CCCCCCC/C=C/CCCCCCCCCN. The van der Waals surface area contributed by atoms with Gasteiger partial charge in [-0.2, -0.15) is 0 Å². The standard InChI is InChI=1S/C18H37N/c1-2-3-4-5-6-7-8-9-10-11-12-13-14-15-16-17-18-19/h8-9H,2-7,10-19H2,1H3/b9-8+. The van der Waals surface area contributed by atoms with Gasteiger partial charge >= 0.3 is 0 Å². The Balaban J connectivity index is 3.00. The Hall–Kier alpha value is -0.300. The maximum absolute atomic E-state index is 5.48. The summed E-state index contributed by atoms with van der Waals surface area (Å²) in [6.45, 7) is 3.14. The third-order valence-corrected chi connectivity index (χ3v) is 3.72. The molecule has 0 heterocycles. The molecule has 0 spiro atoms. The minimum Gasteiger partial charge on any atom is -0.330 e. The minimum absolute atomic E-state index is 0.864. The van der Waals surface area contributed by atoms with Gasteiger partial charge in [-0.3, -0.25) is 0 Å². The van der Waals surface area contributed by atoms with Gasteiger partial charge in [0, 0.05) is 0 Å². The van der Waals surface area contributed by atoms with E-state index in [0.717, 1.165) is 6.54 Å². The van der Waals surface area contributed by atoms with Crippen molar-refractivity contribution in [3.05, 3.63) is 12.2 Å². The summed E-state index contributed by atoms with van der Waals surface area (Å²) in [7, 11) is 0. The largest absolute Gasteiger partial charge is 0.330 e. The van der Waals surface area contributed by atoms with Crippen LogP contribution in [0.4, 0.5) is 0 Å². The monoisotopic (exact) mass is 267 g/mol. The fourth-order valence-corrected chi connectivity index (χ4v) is 2.39. The van der Waals surface area contributed by atoms with Gasteiger partial charge in [0.2, 0.25) is 0 Å². The Morgan fingerprint density at radius 3 is 1.47 bits per heavy atom. The molecule has 1 heteroatoms. The second-order valence-electron chi connectivity index (χ2n) is 5.73. The smallest absolute Gasteiger partial charge is 0.00773 e. The molecular weight excluding hydrogens is 230 g/mol. The molecule has 19 heavy (non-hydrogen) atoms.